The summed E-state index contributed by atoms with van der Waals surface area (Å²) in [7, 11) is 0. The number of ether oxygens (including phenoxy) is 2. The van der Waals surface area contributed by atoms with Gasteiger partial charge in [0.1, 0.15) is 17.0 Å². The van der Waals surface area contributed by atoms with Crippen molar-refractivity contribution in [1.82, 2.24) is 29.7 Å². The fourth-order valence-corrected chi connectivity index (χ4v) is 7.53. The molecule has 44 heavy (non-hydrogen) atoms. The SMILES string of the molecule is CC(C)(C)OC(=O)N1CCC[C@H]1C1=NC=C(c2cnc(-c3ncc(-c4cnc([C@@H]5CCCN5C(=O)OC(C)(C)C)[nH]4)s3)s2)C1. The highest BCUT2D eigenvalue weighted by molar-refractivity contribution is 7.23. The maximum absolute atomic E-state index is 12.8. The van der Waals surface area contributed by atoms with E-state index in [0.29, 0.717) is 19.5 Å². The van der Waals surface area contributed by atoms with E-state index in [2.05, 4.69) is 19.9 Å². The van der Waals surface area contributed by atoms with Gasteiger partial charge in [0.2, 0.25) is 0 Å². The Bertz CT molecular complexity index is 1610. The van der Waals surface area contributed by atoms with Crippen molar-refractivity contribution in [2.24, 2.45) is 4.99 Å². The van der Waals surface area contributed by atoms with Gasteiger partial charge in [-0.15, -0.1) is 22.7 Å². The molecule has 2 saturated heterocycles. The molecule has 0 spiro atoms. The summed E-state index contributed by atoms with van der Waals surface area (Å²) in [6, 6.07) is -0.174. The van der Waals surface area contributed by atoms with Gasteiger partial charge in [-0.05, 0) is 72.8 Å². The molecule has 2 amide bonds. The topological polar surface area (TPSA) is 126 Å². The molecule has 11 nitrogen and oxygen atoms in total. The number of nitrogens with one attached hydrogen (secondary N) is 1. The van der Waals surface area contributed by atoms with E-state index in [0.717, 1.165) is 68.3 Å². The van der Waals surface area contributed by atoms with Crippen molar-refractivity contribution in [3.63, 3.8) is 0 Å². The summed E-state index contributed by atoms with van der Waals surface area (Å²) in [5.74, 6) is 0.756. The number of aliphatic imine (C=N–C) groups is 1. The molecule has 0 aromatic carbocycles. The third-order valence-electron chi connectivity index (χ3n) is 7.59. The molecule has 2 fully saturated rings. The fourth-order valence-electron chi connectivity index (χ4n) is 5.69. The second kappa shape index (κ2) is 11.7. The number of allylic oxidation sites excluding steroid dienone is 1. The van der Waals surface area contributed by atoms with Crippen LogP contribution in [0.4, 0.5) is 9.59 Å². The largest absolute Gasteiger partial charge is 0.444 e. The molecule has 2 atom stereocenters. The van der Waals surface area contributed by atoms with E-state index in [4.69, 9.17) is 14.5 Å². The Hall–Kier alpha value is -3.58. The van der Waals surface area contributed by atoms with E-state index >= 15 is 0 Å². The molecule has 0 aliphatic carbocycles. The minimum Gasteiger partial charge on any atom is -0.444 e. The highest BCUT2D eigenvalue weighted by atomic mass is 32.1. The van der Waals surface area contributed by atoms with Gasteiger partial charge in [0.15, 0.2) is 10.0 Å². The Morgan fingerprint density at radius 2 is 1.39 bits per heavy atom. The van der Waals surface area contributed by atoms with Crippen molar-refractivity contribution in [3.05, 3.63) is 35.5 Å². The average molecular weight is 638 g/mol. The van der Waals surface area contributed by atoms with Gasteiger partial charge in [-0.1, -0.05) is 0 Å². The van der Waals surface area contributed by atoms with Crippen LogP contribution in [0.3, 0.4) is 0 Å². The van der Waals surface area contributed by atoms with Crippen molar-refractivity contribution in [2.45, 2.75) is 96.9 Å². The molecule has 6 rings (SSSR count). The van der Waals surface area contributed by atoms with Crippen LogP contribution >= 0.6 is 22.7 Å². The summed E-state index contributed by atoms with van der Waals surface area (Å²) in [5, 5.41) is 1.67. The third kappa shape index (κ3) is 6.58. The van der Waals surface area contributed by atoms with E-state index in [1.54, 1.807) is 33.8 Å². The number of carbonyl (C=O) groups is 2. The van der Waals surface area contributed by atoms with Crippen molar-refractivity contribution in [1.29, 1.82) is 0 Å². The van der Waals surface area contributed by atoms with Gasteiger partial charge >= 0.3 is 12.2 Å². The number of imidazole rings is 1. The summed E-state index contributed by atoms with van der Waals surface area (Å²) < 4.78 is 11.3. The molecule has 3 aromatic rings. The summed E-state index contributed by atoms with van der Waals surface area (Å²) in [6.45, 7) is 12.6. The first-order valence-corrected chi connectivity index (χ1v) is 16.7. The molecule has 13 heteroatoms. The number of amides is 2. The molecule has 234 valence electrons. The van der Waals surface area contributed by atoms with Gasteiger partial charge in [-0.2, -0.15) is 0 Å². The molecular formula is C31H39N7O4S2. The molecule has 3 aliphatic rings. The Morgan fingerprint density at radius 1 is 0.818 bits per heavy atom. The summed E-state index contributed by atoms with van der Waals surface area (Å²) in [6.07, 6.45) is 11.1. The van der Waals surface area contributed by atoms with Crippen LogP contribution in [0.25, 0.3) is 26.2 Å². The van der Waals surface area contributed by atoms with Gasteiger partial charge < -0.3 is 14.5 Å². The van der Waals surface area contributed by atoms with Gasteiger partial charge in [-0.25, -0.2) is 24.5 Å². The van der Waals surface area contributed by atoms with Crippen LogP contribution in [-0.2, 0) is 9.47 Å². The Labute approximate surface area is 265 Å². The normalized spacial score (nSPS) is 20.7. The van der Waals surface area contributed by atoms with E-state index < -0.39 is 11.2 Å². The zero-order chi connectivity index (χ0) is 31.2. The van der Waals surface area contributed by atoms with Crippen LogP contribution in [0.1, 0.15) is 90.4 Å². The van der Waals surface area contributed by atoms with Crippen molar-refractivity contribution in [2.75, 3.05) is 13.1 Å². The van der Waals surface area contributed by atoms with Crippen LogP contribution < -0.4 is 0 Å². The van der Waals surface area contributed by atoms with Gasteiger partial charge in [-0.3, -0.25) is 14.8 Å². The lowest BCUT2D eigenvalue weighted by Crippen LogP contribution is -2.43. The van der Waals surface area contributed by atoms with Crippen molar-refractivity contribution < 1.29 is 19.1 Å². The van der Waals surface area contributed by atoms with E-state index in [9.17, 15) is 9.59 Å². The summed E-state index contributed by atoms with van der Waals surface area (Å²) in [4.78, 5) is 53.2. The van der Waals surface area contributed by atoms with Crippen LogP contribution in [-0.4, -0.2) is 78.0 Å². The number of rotatable bonds is 5. The van der Waals surface area contributed by atoms with E-state index in [-0.39, 0.29) is 24.3 Å². The number of hydrogen-bond donors (Lipinski definition) is 1. The number of aromatic amines is 1. The number of aromatic nitrogens is 4. The Balaban J connectivity index is 1.10. The van der Waals surface area contributed by atoms with E-state index in [1.165, 1.54) is 0 Å². The molecule has 3 aliphatic heterocycles. The van der Waals surface area contributed by atoms with Crippen LogP contribution in [0.5, 0.6) is 0 Å². The first-order chi connectivity index (χ1) is 20.8. The summed E-state index contributed by atoms with van der Waals surface area (Å²) in [5.41, 5.74) is 1.88. The molecule has 1 N–H and O–H groups in total. The van der Waals surface area contributed by atoms with Crippen LogP contribution in [0.2, 0.25) is 0 Å². The highest BCUT2D eigenvalue weighted by Gasteiger charge is 2.37. The molecule has 0 unspecified atom stereocenters. The maximum atomic E-state index is 12.8. The quantitative estimate of drug-likeness (QED) is 0.311. The van der Waals surface area contributed by atoms with Crippen LogP contribution in [0.15, 0.2) is 29.8 Å². The predicted molar refractivity (Wildman–Crippen MR) is 172 cm³/mol. The standard InChI is InChI=1S/C31H39N7O4S2/c1-30(2,3)41-28(39)37-11-7-9-21(37)19-13-18(14-32-19)23-16-34-26(43-23)27-35-17-24(44-27)20-15-33-25(36-20)22-10-8-12-38(22)29(40)42-31(4,5)6/h14-17,21-22H,7-13H2,1-6H3,(H,33,36)/t21-,22-/m0/s1. The highest BCUT2D eigenvalue weighted by Crippen LogP contribution is 2.39. The molecule has 6 heterocycles. The number of nitrogens with zero attached hydrogens (tertiary/aromatic N) is 6. The monoisotopic (exact) mass is 637 g/mol. The van der Waals surface area contributed by atoms with Crippen molar-refractivity contribution in [3.8, 4) is 20.6 Å². The zero-order valence-electron chi connectivity index (χ0n) is 26.0. The van der Waals surface area contributed by atoms with Gasteiger partial charge in [0.05, 0.1) is 33.7 Å². The fraction of sp³-hybridized carbons (Fsp3) is 0.548. The lowest BCUT2D eigenvalue weighted by Gasteiger charge is -2.28. The molecular weight excluding hydrogens is 599 g/mol. The second-order valence-electron chi connectivity index (χ2n) is 13.4. The van der Waals surface area contributed by atoms with E-state index in [1.807, 2.05) is 65.0 Å². The molecule has 3 aromatic heterocycles. The smallest absolute Gasteiger partial charge is 0.410 e. The molecule has 0 bridgehead atoms. The number of H-pyrrole nitrogens is 1. The minimum atomic E-state index is -0.546. The number of likely N-dealkylation sites (tertiary alicyclic amines) is 2. The average Bonchev–Trinajstić information content (AvgIpc) is 3.77. The second-order valence-corrected chi connectivity index (χ2v) is 15.4. The lowest BCUT2D eigenvalue weighted by atomic mass is 10.0. The first-order valence-electron chi connectivity index (χ1n) is 15.1. The Kier molecular flexibility index (Phi) is 8.12. The first kappa shape index (κ1) is 30.4. The van der Waals surface area contributed by atoms with Crippen LogP contribution in [0, 0.1) is 0 Å². The molecule has 0 saturated carbocycles. The van der Waals surface area contributed by atoms with Gasteiger partial charge in [0.25, 0.3) is 0 Å². The number of hydrogen-bond acceptors (Lipinski definition) is 10. The minimum absolute atomic E-state index is 0.0349. The lowest BCUT2D eigenvalue weighted by molar-refractivity contribution is 0.0216. The van der Waals surface area contributed by atoms with Crippen molar-refractivity contribution >= 4 is 46.1 Å². The zero-order valence-corrected chi connectivity index (χ0v) is 27.7. The Morgan fingerprint density at radius 3 is 2.02 bits per heavy atom. The molecule has 0 radical (unpaired) electrons. The van der Waals surface area contributed by atoms with Gasteiger partial charge in [0, 0.05) is 43.8 Å². The number of carbonyl (C=O) groups excluding carboxylic acids is 2. The maximum Gasteiger partial charge on any atom is 0.410 e. The summed E-state index contributed by atoms with van der Waals surface area (Å²) >= 11 is 3.14. The third-order valence-corrected chi connectivity index (χ3v) is 9.84. The predicted octanol–water partition coefficient (Wildman–Crippen LogP) is 7.31. The number of thiazole rings is 2.